The second kappa shape index (κ2) is 7.29. The minimum absolute atomic E-state index is 0.134. The van der Waals surface area contributed by atoms with Gasteiger partial charge in [-0.25, -0.2) is 4.79 Å². The topological polar surface area (TPSA) is 86.3 Å². The minimum atomic E-state index is -1.47. The van der Waals surface area contributed by atoms with Gasteiger partial charge in [-0.3, -0.25) is 0 Å². The molecule has 1 aromatic rings. The van der Waals surface area contributed by atoms with Crippen LogP contribution in [0.5, 0.6) is 0 Å². The number of carbonyl (C=O) groups is 1. The number of fused-ring (bicyclic) bond motifs is 3. The van der Waals surface area contributed by atoms with E-state index in [1.807, 2.05) is 37.3 Å². The molecule has 2 atom stereocenters. The maximum absolute atomic E-state index is 12.2. The fourth-order valence-electron chi connectivity index (χ4n) is 2.89. The van der Waals surface area contributed by atoms with Crippen LogP contribution in [0.3, 0.4) is 0 Å². The third kappa shape index (κ3) is 3.95. The third-order valence-corrected chi connectivity index (χ3v) is 4.54. The van der Waals surface area contributed by atoms with Crippen molar-refractivity contribution in [3.63, 3.8) is 0 Å². The predicted octanol–water partition coefficient (Wildman–Crippen LogP) is 1.79. The number of hydrogen-bond donors (Lipinski definition) is 2. The van der Waals surface area contributed by atoms with E-state index in [9.17, 15) is 9.90 Å². The highest BCUT2D eigenvalue weighted by Crippen LogP contribution is 2.40. The smallest absolute Gasteiger partial charge is 0.408 e. The number of hydrogen-bond acceptors (Lipinski definition) is 6. The number of alkyl carbamates (subject to hydrolysis) is 1. The molecule has 2 bridgehead atoms. The summed E-state index contributed by atoms with van der Waals surface area (Å²) in [6.45, 7) is 5.28. The Kier molecular flexibility index (Phi) is 5.29. The first-order valence-electron chi connectivity index (χ1n) is 8.53. The predicted molar refractivity (Wildman–Crippen MR) is 88.5 cm³/mol. The van der Waals surface area contributed by atoms with Gasteiger partial charge < -0.3 is 29.4 Å². The molecule has 0 aliphatic carbocycles. The van der Waals surface area contributed by atoms with Gasteiger partial charge in [-0.1, -0.05) is 44.2 Å². The SMILES string of the molecule is CC[C@@H](O)[C@H](NC(=O)OCc1ccccc1)C12OCC(C)(CO1)CO2. The molecule has 138 valence electrons. The first-order valence-corrected chi connectivity index (χ1v) is 8.53. The van der Waals surface area contributed by atoms with Crippen LogP contribution in [0.2, 0.25) is 0 Å². The Balaban J connectivity index is 1.64. The maximum atomic E-state index is 12.2. The van der Waals surface area contributed by atoms with Crippen molar-refractivity contribution in [2.75, 3.05) is 19.8 Å². The number of ether oxygens (including phenoxy) is 4. The summed E-state index contributed by atoms with van der Waals surface area (Å²) in [7, 11) is 0. The largest absolute Gasteiger partial charge is 0.445 e. The van der Waals surface area contributed by atoms with Crippen LogP contribution in [0.4, 0.5) is 4.79 Å². The molecule has 3 aliphatic rings. The molecule has 1 amide bonds. The standard InChI is InChI=1S/C18H25NO6/c1-3-14(20)15(18-23-10-17(2,11-24-18)12-25-18)19-16(21)22-9-13-7-5-4-6-8-13/h4-8,14-15,20H,3,9-12H2,1-2H3,(H,19,21)/t14-,15+,17?,18?/m1/s1. The second-order valence-electron chi connectivity index (χ2n) is 6.94. The number of carbonyl (C=O) groups excluding carboxylic acids is 1. The van der Waals surface area contributed by atoms with E-state index in [1.54, 1.807) is 6.92 Å². The van der Waals surface area contributed by atoms with E-state index in [1.165, 1.54) is 0 Å². The highest BCUT2D eigenvalue weighted by molar-refractivity contribution is 5.67. The van der Waals surface area contributed by atoms with Gasteiger partial charge >= 0.3 is 12.1 Å². The summed E-state index contributed by atoms with van der Waals surface area (Å²) in [5, 5.41) is 13.0. The average Bonchev–Trinajstić information content (AvgIpc) is 2.65. The Morgan fingerprint density at radius 2 is 1.84 bits per heavy atom. The number of nitrogens with one attached hydrogen (secondary N) is 1. The van der Waals surface area contributed by atoms with E-state index in [0.717, 1.165) is 5.56 Å². The van der Waals surface area contributed by atoms with E-state index >= 15 is 0 Å². The Bertz CT molecular complexity index is 568. The molecule has 0 unspecified atom stereocenters. The minimum Gasteiger partial charge on any atom is -0.445 e. The highest BCUT2D eigenvalue weighted by atomic mass is 16.9. The molecule has 7 heteroatoms. The molecule has 0 saturated carbocycles. The van der Waals surface area contributed by atoms with Gasteiger partial charge in [0.15, 0.2) is 0 Å². The van der Waals surface area contributed by atoms with Crippen molar-refractivity contribution in [3.05, 3.63) is 35.9 Å². The summed E-state index contributed by atoms with van der Waals surface area (Å²) in [6, 6.07) is 8.48. The Labute approximate surface area is 147 Å². The number of amides is 1. The van der Waals surface area contributed by atoms with Crippen LogP contribution in [-0.2, 0) is 25.6 Å². The molecule has 0 aromatic heterocycles. The van der Waals surface area contributed by atoms with Gasteiger partial charge in [-0.05, 0) is 12.0 Å². The lowest BCUT2D eigenvalue weighted by Crippen LogP contribution is -2.70. The summed E-state index contributed by atoms with van der Waals surface area (Å²) in [5.41, 5.74) is 0.676. The van der Waals surface area contributed by atoms with Crippen molar-refractivity contribution >= 4 is 6.09 Å². The fourth-order valence-corrected chi connectivity index (χ4v) is 2.89. The zero-order valence-corrected chi connectivity index (χ0v) is 14.6. The molecule has 0 radical (unpaired) electrons. The molecule has 25 heavy (non-hydrogen) atoms. The van der Waals surface area contributed by atoms with E-state index < -0.39 is 24.2 Å². The summed E-state index contributed by atoms with van der Waals surface area (Å²) < 4.78 is 22.5. The van der Waals surface area contributed by atoms with E-state index in [4.69, 9.17) is 18.9 Å². The van der Waals surface area contributed by atoms with Crippen molar-refractivity contribution in [2.24, 2.45) is 5.41 Å². The lowest BCUT2D eigenvalue weighted by Gasteiger charge is -2.53. The number of rotatable bonds is 6. The quantitative estimate of drug-likeness (QED) is 0.813. The summed E-state index contributed by atoms with van der Waals surface area (Å²) >= 11 is 0. The zero-order chi connectivity index (χ0) is 17.9. The molecule has 4 rings (SSSR count). The summed E-state index contributed by atoms with van der Waals surface area (Å²) in [6.07, 6.45) is -1.16. The number of benzene rings is 1. The van der Waals surface area contributed by atoms with Crippen LogP contribution in [0, 0.1) is 5.41 Å². The van der Waals surface area contributed by atoms with Crippen LogP contribution in [0.25, 0.3) is 0 Å². The van der Waals surface area contributed by atoms with Crippen molar-refractivity contribution in [1.82, 2.24) is 5.32 Å². The van der Waals surface area contributed by atoms with Gasteiger partial charge in [0, 0.05) is 5.41 Å². The second-order valence-corrected chi connectivity index (χ2v) is 6.94. The number of aliphatic hydroxyl groups is 1. The Morgan fingerprint density at radius 3 is 2.40 bits per heavy atom. The van der Waals surface area contributed by atoms with Gasteiger partial charge in [-0.15, -0.1) is 0 Å². The van der Waals surface area contributed by atoms with Crippen molar-refractivity contribution in [1.29, 1.82) is 0 Å². The van der Waals surface area contributed by atoms with Crippen LogP contribution in [0.15, 0.2) is 30.3 Å². The van der Waals surface area contributed by atoms with Crippen LogP contribution in [-0.4, -0.2) is 49.1 Å². The van der Waals surface area contributed by atoms with Crippen molar-refractivity contribution in [2.45, 2.75) is 45.0 Å². The molecule has 7 nitrogen and oxygen atoms in total. The lowest BCUT2D eigenvalue weighted by atomic mass is 9.90. The van der Waals surface area contributed by atoms with Gasteiger partial charge in [0.05, 0.1) is 25.9 Å². The van der Waals surface area contributed by atoms with Crippen LogP contribution >= 0.6 is 0 Å². The van der Waals surface area contributed by atoms with Gasteiger partial charge in [0.25, 0.3) is 0 Å². The molecule has 3 fully saturated rings. The Morgan fingerprint density at radius 1 is 1.24 bits per heavy atom. The lowest BCUT2D eigenvalue weighted by molar-refractivity contribution is -0.477. The van der Waals surface area contributed by atoms with Gasteiger partial charge in [0.2, 0.25) is 0 Å². The fraction of sp³-hybridized carbons (Fsp3) is 0.611. The van der Waals surface area contributed by atoms with Crippen LogP contribution in [0.1, 0.15) is 25.8 Å². The van der Waals surface area contributed by atoms with Crippen LogP contribution < -0.4 is 5.32 Å². The highest BCUT2D eigenvalue weighted by Gasteiger charge is 2.57. The number of aliphatic hydroxyl groups excluding tert-OH is 1. The van der Waals surface area contributed by atoms with Crippen molar-refractivity contribution < 1.29 is 28.8 Å². The molecule has 2 N–H and O–H groups in total. The summed E-state index contributed by atoms with van der Waals surface area (Å²) in [5.74, 6) is -1.47. The Hall–Kier alpha value is -1.67. The first-order chi connectivity index (χ1) is 12.0. The van der Waals surface area contributed by atoms with E-state index in [-0.39, 0.29) is 12.0 Å². The zero-order valence-electron chi connectivity index (χ0n) is 14.6. The van der Waals surface area contributed by atoms with Crippen molar-refractivity contribution in [3.8, 4) is 0 Å². The molecule has 3 heterocycles. The average molecular weight is 351 g/mol. The summed E-state index contributed by atoms with van der Waals surface area (Å²) in [4.78, 5) is 12.2. The first kappa shape index (κ1) is 18.1. The van der Waals surface area contributed by atoms with E-state index in [2.05, 4.69) is 5.32 Å². The van der Waals surface area contributed by atoms with E-state index in [0.29, 0.717) is 26.2 Å². The molecule has 3 saturated heterocycles. The molecule has 0 spiro atoms. The van der Waals surface area contributed by atoms with Gasteiger partial charge in [-0.2, -0.15) is 0 Å². The molecular formula is C18H25NO6. The monoisotopic (exact) mass is 351 g/mol. The molecular weight excluding hydrogens is 326 g/mol. The van der Waals surface area contributed by atoms with Gasteiger partial charge in [0.1, 0.15) is 12.6 Å². The molecule has 3 aliphatic heterocycles. The molecule has 1 aromatic carbocycles. The maximum Gasteiger partial charge on any atom is 0.408 e. The third-order valence-electron chi connectivity index (χ3n) is 4.54. The normalized spacial score (nSPS) is 30.5.